The highest BCUT2D eigenvalue weighted by Gasteiger charge is 2.48. The lowest BCUT2D eigenvalue weighted by Gasteiger charge is -2.34. The second-order valence-electron chi connectivity index (χ2n) is 30.2. The van der Waals surface area contributed by atoms with Gasteiger partial charge < -0.3 is 0 Å². The molecule has 552 valence electrons. The summed E-state index contributed by atoms with van der Waals surface area (Å²) in [5, 5.41) is 5.18. The molecule has 2 aliphatic rings. The molecule has 4 heterocycles. The number of aromatic nitrogens is 6. The molecule has 8 heteroatoms. The zero-order chi connectivity index (χ0) is 78.1. The Labute approximate surface area is 691 Å². The SMILES string of the molecule is c1ccc(-c2ccc(-c3nc(-c4ccc(-c5cccc6sc7ccccc7c56)cc4)nc(-c4ccc5c(c4)C(c4ccccc4)(c4ccccc4)c4ccccc4-5)n3)cc2)cc1.c1ccc(-c2nc(-c3ccc(-c4cccc5sc6ccccc6c45)cc3)nc(-c3ccc4c(c3)C(c3ccccc3)(c3ccccc3)c3ccccc3-4)n2)cc1. The van der Waals surface area contributed by atoms with Gasteiger partial charge in [-0.15, -0.1) is 22.7 Å². The molecule has 0 unspecified atom stereocenters. The lowest BCUT2D eigenvalue weighted by Crippen LogP contribution is -2.28. The van der Waals surface area contributed by atoms with Crippen molar-refractivity contribution in [3.05, 3.63) is 469 Å². The van der Waals surface area contributed by atoms with Crippen molar-refractivity contribution >= 4 is 63.0 Å². The molecule has 0 fully saturated rings. The van der Waals surface area contributed by atoms with Crippen molar-refractivity contribution in [1.29, 1.82) is 0 Å². The zero-order valence-corrected chi connectivity index (χ0v) is 65.5. The first kappa shape index (κ1) is 69.9. The largest absolute Gasteiger partial charge is 0.208 e. The Kier molecular flexibility index (Phi) is 17.3. The molecule has 23 rings (SSSR count). The number of nitrogens with zero attached hydrogens (tertiary/aromatic N) is 6. The van der Waals surface area contributed by atoms with Crippen LogP contribution < -0.4 is 0 Å². The molecule has 0 bridgehead atoms. The topological polar surface area (TPSA) is 77.3 Å². The number of benzene rings is 17. The average molecular weight is 1540 g/mol. The molecular formula is C110H70N6S2. The van der Waals surface area contributed by atoms with Gasteiger partial charge in [0.05, 0.1) is 10.8 Å². The van der Waals surface area contributed by atoms with Crippen LogP contribution in [0.25, 0.3) is 164 Å². The van der Waals surface area contributed by atoms with Gasteiger partial charge in [-0.25, -0.2) is 29.9 Å². The van der Waals surface area contributed by atoms with Crippen LogP contribution in [0.1, 0.15) is 44.5 Å². The number of fused-ring (bicyclic) bond motifs is 12. The number of rotatable bonds is 13. The van der Waals surface area contributed by atoms with Crippen molar-refractivity contribution < 1.29 is 0 Å². The van der Waals surface area contributed by atoms with Crippen molar-refractivity contribution in [3.8, 4) is 124 Å². The maximum Gasteiger partial charge on any atom is 0.164 e. The standard InChI is InChI=1S/C58H37N3S.C52H33N3S/c1-4-15-38(16-5-1)39-27-31-41(32-28-39)55-59-56(42-33-29-40(30-34-42)46-23-14-26-53-54(46)49-22-11-13-25-52(49)62-53)61-57(60-55)43-35-36-48-47-21-10-12-24-50(47)58(51(48)37-43,44-17-6-2-7-18-44)45-19-8-3-9-20-45;1-4-15-35(16-5-1)49-53-50(36-29-27-34(28-30-36)40-23-14-26-47-48(40)43-22-11-13-25-46(43)56-47)55-51(54-49)37-31-32-42-41-21-10-12-24-44(41)52(45(42)33-37,38-17-6-2-7-18-38)39-19-8-3-9-20-39/h1-37H;1-33H. The Morgan fingerprint density at radius 1 is 0.161 bits per heavy atom. The van der Waals surface area contributed by atoms with E-state index in [0.717, 1.165) is 50.1 Å². The summed E-state index contributed by atoms with van der Waals surface area (Å²) in [6.07, 6.45) is 0. The maximum absolute atomic E-state index is 5.30. The highest BCUT2D eigenvalue weighted by Crippen LogP contribution is 2.59. The van der Waals surface area contributed by atoms with E-state index >= 15 is 0 Å². The number of hydrogen-bond acceptors (Lipinski definition) is 8. The second kappa shape index (κ2) is 29.2. The lowest BCUT2D eigenvalue weighted by atomic mass is 9.67. The van der Waals surface area contributed by atoms with Crippen LogP contribution in [-0.2, 0) is 10.8 Å². The molecule has 0 amide bonds. The molecule has 17 aromatic carbocycles. The molecule has 0 N–H and O–H groups in total. The van der Waals surface area contributed by atoms with Crippen LogP contribution in [0.2, 0.25) is 0 Å². The van der Waals surface area contributed by atoms with E-state index in [4.69, 9.17) is 29.9 Å². The van der Waals surface area contributed by atoms with Gasteiger partial charge in [0.15, 0.2) is 34.9 Å². The van der Waals surface area contributed by atoms with Crippen LogP contribution in [0, 0.1) is 0 Å². The van der Waals surface area contributed by atoms with Crippen molar-refractivity contribution in [2.24, 2.45) is 0 Å². The molecule has 4 aromatic heterocycles. The Balaban J connectivity index is 0.000000143. The van der Waals surface area contributed by atoms with Crippen LogP contribution in [-0.4, -0.2) is 29.9 Å². The Hall–Kier alpha value is -14.8. The van der Waals surface area contributed by atoms with Crippen LogP contribution in [0.3, 0.4) is 0 Å². The summed E-state index contributed by atoms with van der Waals surface area (Å²) in [5.74, 6) is 3.81. The summed E-state index contributed by atoms with van der Waals surface area (Å²) in [4.78, 5) is 31.3. The van der Waals surface area contributed by atoms with E-state index in [1.165, 1.54) is 124 Å². The first-order valence-corrected chi connectivity index (χ1v) is 41.6. The molecule has 0 spiro atoms. The van der Waals surface area contributed by atoms with E-state index < -0.39 is 10.8 Å². The molecule has 6 nitrogen and oxygen atoms in total. The van der Waals surface area contributed by atoms with E-state index in [1.807, 2.05) is 46.9 Å². The second-order valence-corrected chi connectivity index (χ2v) is 32.4. The van der Waals surface area contributed by atoms with Crippen LogP contribution >= 0.6 is 22.7 Å². The van der Waals surface area contributed by atoms with Crippen LogP contribution in [0.15, 0.2) is 425 Å². The molecular weight excluding hydrogens is 1470 g/mol. The molecule has 21 aromatic rings. The highest BCUT2D eigenvalue weighted by atomic mass is 32.1. The summed E-state index contributed by atoms with van der Waals surface area (Å²) in [5.41, 5.74) is 26.4. The molecule has 2 aliphatic carbocycles. The fourth-order valence-electron chi connectivity index (χ4n) is 18.4. The normalized spacial score (nSPS) is 12.7. The molecule has 0 saturated heterocycles. The summed E-state index contributed by atoms with van der Waals surface area (Å²) >= 11 is 3.69. The third-order valence-corrected chi connectivity index (χ3v) is 26.0. The minimum absolute atomic E-state index is 0.519. The summed E-state index contributed by atoms with van der Waals surface area (Å²) in [7, 11) is 0. The number of hydrogen-bond donors (Lipinski definition) is 0. The van der Waals surface area contributed by atoms with Crippen molar-refractivity contribution in [2.75, 3.05) is 0 Å². The Morgan fingerprint density at radius 3 is 0.780 bits per heavy atom. The van der Waals surface area contributed by atoms with Crippen molar-refractivity contribution in [2.45, 2.75) is 10.8 Å². The monoisotopic (exact) mass is 1540 g/mol. The van der Waals surface area contributed by atoms with Gasteiger partial charge in [-0.3, -0.25) is 0 Å². The predicted octanol–water partition coefficient (Wildman–Crippen LogP) is 28.2. The van der Waals surface area contributed by atoms with Gasteiger partial charge >= 0.3 is 0 Å². The van der Waals surface area contributed by atoms with E-state index in [0.29, 0.717) is 34.9 Å². The fraction of sp³-hybridized carbons (Fsp3) is 0.0182. The predicted molar refractivity (Wildman–Crippen MR) is 489 cm³/mol. The van der Waals surface area contributed by atoms with Gasteiger partial charge in [-0.2, -0.15) is 0 Å². The molecule has 0 atom stereocenters. The highest BCUT2D eigenvalue weighted by molar-refractivity contribution is 7.26. The van der Waals surface area contributed by atoms with Gasteiger partial charge in [0.25, 0.3) is 0 Å². The first-order chi connectivity index (χ1) is 58.5. The maximum atomic E-state index is 5.30. The van der Waals surface area contributed by atoms with E-state index in [1.54, 1.807) is 0 Å². The van der Waals surface area contributed by atoms with Gasteiger partial charge in [0.1, 0.15) is 0 Å². The summed E-state index contributed by atoms with van der Waals surface area (Å²) in [6.45, 7) is 0. The zero-order valence-electron chi connectivity index (χ0n) is 63.9. The fourth-order valence-corrected chi connectivity index (χ4v) is 20.6. The van der Waals surface area contributed by atoms with Crippen molar-refractivity contribution in [1.82, 2.24) is 29.9 Å². The van der Waals surface area contributed by atoms with E-state index in [9.17, 15) is 0 Å². The molecule has 0 aliphatic heterocycles. The van der Waals surface area contributed by atoms with E-state index in [-0.39, 0.29) is 0 Å². The van der Waals surface area contributed by atoms with Gasteiger partial charge in [-0.05, 0) is 137 Å². The van der Waals surface area contributed by atoms with E-state index in [2.05, 4.69) is 400 Å². The lowest BCUT2D eigenvalue weighted by molar-refractivity contribution is 0.768. The third-order valence-electron chi connectivity index (χ3n) is 23.7. The van der Waals surface area contributed by atoms with Gasteiger partial charge in [-0.1, -0.05) is 388 Å². The first-order valence-electron chi connectivity index (χ1n) is 40.0. The molecule has 0 radical (unpaired) electrons. The quantitative estimate of drug-likeness (QED) is 0.114. The van der Waals surface area contributed by atoms with Crippen LogP contribution in [0.4, 0.5) is 0 Å². The molecule has 118 heavy (non-hydrogen) atoms. The molecule has 0 saturated carbocycles. The van der Waals surface area contributed by atoms with Crippen molar-refractivity contribution in [3.63, 3.8) is 0 Å². The Morgan fingerprint density at radius 2 is 0.407 bits per heavy atom. The minimum atomic E-state index is -0.539. The van der Waals surface area contributed by atoms with Gasteiger partial charge in [0, 0.05) is 73.7 Å². The summed E-state index contributed by atoms with van der Waals surface area (Å²) < 4.78 is 5.19. The Bertz CT molecular complexity index is 7300. The average Bonchev–Trinajstić information content (AvgIpc) is 1.50. The summed E-state index contributed by atoms with van der Waals surface area (Å²) in [6, 6.07) is 152. The smallest absolute Gasteiger partial charge is 0.164 e. The minimum Gasteiger partial charge on any atom is -0.208 e. The van der Waals surface area contributed by atoms with Gasteiger partial charge in [0.2, 0.25) is 0 Å². The number of thiophene rings is 2. The third kappa shape index (κ3) is 11.8. The van der Waals surface area contributed by atoms with Crippen LogP contribution in [0.5, 0.6) is 0 Å².